The Morgan fingerprint density at radius 1 is 1.46 bits per heavy atom. The number of hydrogen-bond donors (Lipinski definition) is 0. The van der Waals surface area contributed by atoms with Crippen LogP contribution in [0.3, 0.4) is 0 Å². The maximum absolute atomic E-state index is 5.63. The Hall–Kier alpha value is -0.380. The molecule has 1 fully saturated rings. The van der Waals surface area contributed by atoms with Crippen LogP contribution in [0.5, 0.6) is 0 Å². The van der Waals surface area contributed by atoms with Gasteiger partial charge in [-0.2, -0.15) is 0 Å². The van der Waals surface area contributed by atoms with E-state index in [0.717, 1.165) is 17.6 Å². The molecule has 70 valence electrons. The van der Waals surface area contributed by atoms with Crippen LogP contribution in [0, 0.1) is 0 Å². The van der Waals surface area contributed by atoms with Crippen LogP contribution in [0.1, 0.15) is 11.8 Å². The van der Waals surface area contributed by atoms with Gasteiger partial charge in [0.2, 0.25) is 0 Å². The van der Waals surface area contributed by atoms with E-state index in [0.29, 0.717) is 0 Å². The molecule has 1 aromatic rings. The van der Waals surface area contributed by atoms with Gasteiger partial charge in [-0.3, -0.25) is 4.90 Å². The lowest BCUT2D eigenvalue weighted by Gasteiger charge is -2.19. The van der Waals surface area contributed by atoms with Crippen molar-refractivity contribution in [3.05, 3.63) is 34.3 Å². The Morgan fingerprint density at radius 2 is 2.23 bits per heavy atom. The fraction of sp³-hybridized carbons (Fsp3) is 0.400. The molecule has 13 heavy (non-hydrogen) atoms. The van der Waals surface area contributed by atoms with Crippen LogP contribution in [0.25, 0.3) is 0 Å². The zero-order valence-electron chi connectivity index (χ0n) is 7.53. The third-order valence-corrected chi connectivity index (χ3v) is 3.01. The molecule has 0 N–H and O–H groups in total. The molecule has 0 aromatic heterocycles. The first kappa shape index (κ1) is 9.19. The van der Waals surface area contributed by atoms with Crippen molar-refractivity contribution in [1.82, 2.24) is 4.90 Å². The molecule has 0 saturated carbocycles. The number of rotatable bonds is 1. The third-order valence-electron chi connectivity index (χ3n) is 2.29. The molecule has 1 unspecified atom stereocenters. The minimum Gasteiger partial charge on any atom is -0.357 e. The molecule has 1 atom stereocenters. The molecule has 2 rings (SSSR count). The van der Waals surface area contributed by atoms with Gasteiger partial charge in [0.25, 0.3) is 0 Å². The number of hydrogen-bond acceptors (Lipinski definition) is 2. The lowest BCUT2D eigenvalue weighted by Crippen LogP contribution is -2.18. The molecule has 1 aromatic carbocycles. The quantitative estimate of drug-likeness (QED) is 0.749. The zero-order chi connectivity index (χ0) is 9.26. The van der Waals surface area contributed by atoms with Gasteiger partial charge >= 0.3 is 0 Å². The van der Waals surface area contributed by atoms with Gasteiger partial charge in [-0.1, -0.05) is 34.1 Å². The largest absolute Gasteiger partial charge is 0.357 e. The van der Waals surface area contributed by atoms with Crippen LogP contribution >= 0.6 is 15.9 Å². The van der Waals surface area contributed by atoms with Crippen LogP contribution < -0.4 is 0 Å². The first-order chi connectivity index (χ1) is 6.29. The molecule has 0 amide bonds. The van der Waals surface area contributed by atoms with Crippen molar-refractivity contribution in [2.24, 2.45) is 0 Å². The fourth-order valence-corrected chi connectivity index (χ4v) is 2.04. The van der Waals surface area contributed by atoms with E-state index in [4.69, 9.17) is 4.74 Å². The van der Waals surface area contributed by atoms with E-state index >= 15 is 0 Å². The number of likely N-dealkylation sites (N-methyl/N-ethyl adjacent to an activating group) is 1. The van der Waals surface area contributed by atoms with Crippen LogP contribution in [0.15, 0.2) is 28.7 Å². The van der Waals surface area contributed by atoms with Gasteiger partial charge < -0.3 is 4.74 Å². The smallest absolute Gasteiger partial charge is 0.137 e. The highest BCUT2D eigenvalue weighted by molar-refractivity contribution is 9.10. The molecule has 1 aliphatic heterocycles. The summed E-state index contributed by atoms with van der Waals surface area (Å²) in [5.74, 6) is 0. The second-order valence-electron chi connectivity index (χ2n) is 3.23. The minimum absolute atomic E-state index is 0.121. The van der Waals surface area contributed by atoms with Gasteiger partial charge in [0.05, 0.1) is 6.61 Å². The van der Waals surface area contributed by atoms with E-state index in [1.54, 1.807) is 0 Å². The Morgan fingerprint density at radius 3 is 2.85 bits per heavy atom. The molecular weight excluding hydrogens is 230 g/mol. The van der Waals surface area contributed by atoms with Gasteiger partial charge in [0.15, 0.2) is 0 Å². The van der Waals surface area contributed by atoms with E-state index in [2.05, 4.69) is 33.9 Å². The highest BCUT2D eigenvalue weighted by Gasteiger charge is 2.24. The summed E-state index contributed by atoms with van der Waals surface area (Å²) in [5.41, 5.74) is 1.21. The van der Waals surface area contributed by atoms with E-state index in [-0.39, 0.29) is 6.23 Å². The van der Waals surface area contributed by atoms with E-state index < -0.39 is 0 Å². The van der Waals surface area contributed by atoms with Crippen LogP contribution in [-0.2, 0) is 4.74 Å². The molecule has 3 heteroatoms. The number of benzene rings is 1. The van der Waals surface area contributed by atoms with Gasteiger partial charge in [-0.05, 0) is 13.1 Å². The molecule has 0 aliphatic carbocycles. The summed E-state index contributed by atoms with van der Waals surface area (Å²) < 4.78 is 6.75. The van der Waals surface area contributed by atoms with E-state index in [9.17, 15) is 0 Å². The second-order valence-corrected chi connectivity index (χ2v) is 4.08. The maximum Gasteiger partial charge on any atom is 0.137 e. The topological polar surface area (TPSA) is 12.5 Å². The van der Waals surface area contributed by atoms with Crippen LogP contribution in [0.2, 0.25) is 0 Å². The summed E-state index contributed by atoms with van der Waals surface area (Å²) in [6.45, 7) is 1.83. The number of halogens is 1. The lowest BCUT2D eigenvalue weighted by molar-refractivity contribution is 0.0448. The zero-order valence-corrected chi connectivity index (χ0v) is 9.12. The molecule has 1 aliphatic rings. The Labute approximate surface area is 86.6 Å². The average Bonchev–Trinajstić information content (AvgIpc) is 2.52. The summed E-state index contributed by atoms with van der Waals surface area (Å²) in [4.78, 5) is 2.21. The third kappa shape index (κ3) is 1.77. The van der Waals surface area contributed by atoms with E-state index in [1.165, 1.54) is 5.56 Å². The van der Waals surface area contributed by atoms with E-state index in [1.807, 2.05) is 18.2 Å². The minimum atomic E-state index is 0.121. The van der Waals surface area contributed by atoms with Crippen molar-refractivity contribution in [3.63, 3.8) is 0 Å². The average molecular weight is 242 g/mol. The number of nitrogens with zero attached hydrogens (tertiary/aromatic N) is 1. The highest BCUT2D eigenvalue weighted by Crippen LogP contribution is 2.30. The normalized spacial score (nSPS) is 23.7. The molecule has 1 heterocycles. The second kappa shape index (κ2) is 3.78. The first-order valence-corrected chi connectivity index (χ1v) is 5.14. The van der Waals surface area contributed by atoms with Crippen molar-refractivity contribution >= 4 is 15.9 Å². The number of ether oxygens (including phenoxy) is 1. The Bertz CT molecular complexity index is 303. The van der Waals surface area contributed by atoms with Gasteiger partial charge in [0, 0.05) is 16.6 Å². The molecule has 0 spiro atoms. The fourth-order valence-electron chi connectivity index (χ4n) is 1.56. The summed E-state index contributed by atoms with van der Waals surface area (Å²) >= 11 is 3.53. The van der Waals surface area contributed by atoms with Gasteiger partial charge in [-0.15, -0.1) is 0 Å². The van der Waals surface area contributed by atoms with Crippen molar-refractivity contribution in [1.29, 1.82) is 0 Å². The molecular formula is C10H12BrNO. The van der Waals surface area contributed by atoms with Crippen LogP contribution in [-0.4, -0.2) is 25.1 Å². The van der Waals surface area contributed by atoms with Crippen molar-refractivity contribution in [3.8, 4) is 0 Å². The van der Waals surface area contributed by atoms with Crippen LogP contribution in [0.4, 0.5) is 0 Å². The standard InChI is InChI=1S/C10H12BrNO/c1-12-6-7-13-10(12)8-4-2-3-5-9(8)11/h2-5,10H,6-7H2,1H3. The molecule has 2 nitrogen and oxygen atoms in total. The predicted molar refractivity (Wildman–Crippen MR) is 55.5 cm³/mol. The van der Waals surface area contributed by atoms with Crippen molar-refractivity contribution in [2.75, 3.05) is 20.2 Å². The monoisotopic (exact) mass is 241 g/mol. The van der Waals surface area contributed by atoms with Gasteiger partial charge in [0.1, 0.15) is 6.23 Å². The highest BCUT2D eigenvalue weighted by atomic mass is 79.9. The SMILES string of the molecule is CN1CCOC1c1ccccc1Br. The Balaban J connectivity index is 2.29. The summed E-state index contributed by atoms with van der Waals surface area (Å²) in [6.07, 6.45) is 0.121. The summed E-state index contributed by atoms with van der Waals surface area (Å²) in [7, 11) is 2.08. The summed E-state index contributed by atoms with van der Waals surface area (Å²) in [6, 6.07) is 8.19. The first-order valence-electron chi connectivity index (χ1n) is 4.35. The van der Waals surface area contributed by atoms with Gasteiger partial charge in [-0.25, -0.2) is 0 Å². The maximum atomic E-state index is 5.63. The molecule has 0 bridgehead atoms. The predicted octanol–water partition coefficient (Wildman–Crippen LogP) is 2.41. The van der Waals surface area contributed by atoms with Crippen molar-refractivity contribution < 1.29 is 4.74 Å². The Kier molecular flexibility index (Phi) is 2.67. The van der Waals surface area contributed by atoms with Crippen molar-refractivity contribution in [2.45, 2.75) is 6.23 Å². The molecule has 1 saturated heterocycles. The molecule has 0 radical (unpaired) electrons. The lowest BCUT2D eigenvalue weighted by atomic mass is 10.2. The summed E-state index contributed by atoms with van der Waals surface area (Å²) in [5, 5.41) is 0.